The molecule has 0 saturated carbocycles. The second-order valence-corrected chi connectivity index (χ2v) is 5.33. The Morgan fingerprint density at radius 1 is 1.27 bits per heavy atom. The van der Waals surface area contributed by atoms with Crippen LogP contribution in [-0.2, 0) is 4.74 Å². The molecule has 1 aliphatic heterocycles. The molecule has 0 bridgehead atoms. The quantitative estimate of drug-likeness (QED) is 0.669. The van der Waals surface area contributed by atoms with Crippen molar-refractivity contribution < 1.29 is 18.3 Å². The maximum atomic E-state index is 5.78. The highest BCUT2D eigenvalue weighted by atomic mass is 16.6. The molecule has 2 aromatic heterocycles. The third-order valence-electron chi connectivity index (χ3n) is 3.36. The number of nitrogens with zero attached hydrogens (tertiary/aromatic N) is 3. The van der Waals surface area contributed by atoms with E-state index in [-0.39, 0.29) is 6.10 Å². The minimum Gasteiger partial charge on any atom is -0.490 e. The van der Waals surface area contributed by atoms with Gasteiger partial charge in [-0.25, -0.2) is 0 Å². The topological polar surface area (TPSA) is 77.1 Å². The van der Waals surface area contributed by atoms with Gasteiger partial charge in [0.1, 0.15) is 24.0 Å². The van der Waals surface area contributed by atoms with E-state index in [2.05, 4.69) is 10.2 Å². The number of fused-ring (bicyclic) bond motifs is 1. The number of aromatic nitrogens is 2. The van der Waals surface area contributed by atoms with Gasteiger partial charge in [-0.3, -0.25) is 0 Å². The number of epoxide rings is 1. The fraction of sp³-hybridized carbons (Fsp3) is 0.333. The van der Waals surface area contributed by atoms with Crippen LogP contribution in [0.25, 0.3) is 22.6 Å². The van der Waals surface area contributed by atoms with E-state index in [0.29, 0.717) is 29.9 Å². The summed E-state index contributed by atoms with van der Waals surface area (Å²) >= 11 is 0. The van der Waals surface area contributed by atoms with Crippen molar-refractivity contribution in [3.8, 4) is 17.4 Å². The number of hydrogen-bond donors (Lipinski definition) is 0. The lowest BCUT2D eigenvalue weighted by Gasteiger charge is -2.04. The van der Waals surface area contributed by atoms with Crippen molar-refractivity contribution >= 4 is 17.0 Å². The van der Waals surface area contributed by atoms with Crippen molar-refractivity contribution in [3.05, 3.63) is 24.3 Å². The maximum Gasteiger partial charge on any atom is 0.318 e. The van der Waals surface area contributed by atoms with Crippen molar-refractivity contribution in [1.29, 1.82) is 0 Å². The van der Waals surface area contributed by atoms with Gasteiger partial charge in [-0.1, -0.05) is 11.2 Å². The van der Waals surface area contributed by atoms with Gasteiger partial charge >= 0.3 is 6.01 Å². The maximum absolute atomic E-state index is 5.78. The molecule has 4 rings (SSSR count). The summed E-state index contributed by atoms with van der Waals surface area (Å²) in [5.41, 5.74) is 0.716. The van der Waals surface area contributed by atoms with Gasteiger partial charge in [-0.05, 0) is 12.1 Å². The van der Waals surface area contributed by atoms with Gasteiger partial charge in [-0.15, -0.1) is 5.10 Å². The molecule has 0 N–H and O–H groups in total. The standard InChI is InChI=1S/C15H15N3O4/c1-18(2)15-17-16-14(22-15)13-6-10-11(20-8-9-7-19-9)4-3-5-12(10)21-13/h3-6,9H,7-8H2,1-2H3/t9-/m0/s1. The fourth-order valence-corrected chi connectivity index (χ4v) is 2.11. The summed E-state index contributed by atoms with van der Waals surface area (Å²) in [6.45, 7) is 1.31. The third-order valence-corrected chi connectivity index (χ3v) is 3.36. The molecule has 1 atom stereocenters. The normalized spacial score (nSPS) is 16.9. The largest absolute Gasteiger partial charge is 0.490 e. The number of benzene rings is 1. The van der Waals surface area contributed by atoms with Crippen LogP contribution in [0.3, 0.4) is 0 Å². The summed E-state index contributed by atoms with van der Waals surface area (Å²) in [6.07, 6.45) is 0.209. The molecule has 0 amide bonds. The Balaban J connectivity index is 1.67. The summed E-state index contributed by atoms with van der Waals surface area (Å²) in [5, 5.41) is 8.84. The van der Waals surface area contributed by atoms with Gasteiger partial charge in [0.25, 0.3) is 5.89 Å². The highest BCUT2D eigenvalue weighted by molar-refractivity contribution is 5.87. The number of hydrogen-bond acceptors (Lipinski definition) is 7. The zero-order valence-corrected chi connectivity index (χ0v) is 12.3. The minimum absolute atomic E-state index is 0.209. The first kappa shape index (κ1) is 13.1. The first-order valence-electron chi connectivity index (χ1n) is 6.99. The molecule has 7 nitrogen and oxygen atoms in total. The molecule has 0 unspecified atom stereocenters. The first-order chi connectivity index (χ1) is 10.7. The Hall–Kier alpha value is -2.54. The first-order valence-corrected chi connectivity index (χ1v) is 6.99. The summed E-state index contributed by atoms with van der Waals surface area (Å²) in [4.78, 5) is 1.74. The molecule has 1 saturated heterocycles. The zero-order chi connectivity index (χ0) is 15.1. The average molecular weight is 301 g/mol. The molecular weight excluding hydrogens is 286 g/mol. The molecular formula is C15H15N3O4. The van der Waals surface area contributed by atoms with E-state index in [1.165, 1.54) is 0 Å². The Morgan fingerprint density at radius 3 is 2.86 bits per heavy atom. The number of anilines is 1. The van der Waals surface area contributed by atoms with Crippen LogP contribution < -0.4 is 9.64 Å². The SMILES string of the molecule is CN(C)c1nnc(-c2cc3c(OC[C@@H]4CO4)cccc3o2)o1. The molecule has 0 radical (unpaired) electrons. The Kier molecular flexibility index (Phi) is 3.00. The zero-order valence-electron chi connectivity index (χ0n) is 12.3. The van der Waals surface area contributed by atoms with Gasteiger partial charge in [-0.2, -0.15) is 0 Å². The smallest absolute Gasteiger partial charge is 0.318 e. The van der Waals surface area contributed by atoms with Crippen LogP contribution >= 0.6 is 0 Å². The van der Waals surface area contributed by atoms with E-state index < -0.39 is 0 Å². The molecule has 1 fully saturated rings. The van der Waals surface area contributed by atoms with Crippen LogP contribution in [0, 0.1) is 0 Å². The molecule has 22 heavy (non-hydrogen) atoms. The van der Waals surface area contributed by atoms with E-state index in [0.717, 1.165) is 17.7 Å². The molecule has 0 aliphatic carbocycles. The summed E-state index contributed by atoms with van der Waals surface area (Å²) in [7, 11) is 3.67. The van der Waals surface area contributed by atoms with E-state index in [9.17, 15) is 0 Å². The van der Waals surface area contributed by atoms with E-state index in [1.54, 1.807) is 4.90 Å². The molecule has 7 heteroatoms. The number of ether oxygens (including phenoxy) is 2. The van der Waals surface area contributed by atoms with Gasteiger partial charge in [0, 0.05) is 20.2 Å². The predicted octanol–water partition coefficient (Wildman–Crippen LogP) is 2.33. The molecule has 1 aromatic carbocycles. The van der Waals surface area contributed by atoms with Crippen molar-refractivity contribution in [2.45, 2.75) is 6.10 Å². The Labute approximate surface area is 126 Å². The van der Waals surface area contributed by atoms with Crippen molar-refractivity contribution in [1.82, 2.24) is 10.2 Å². The average Bonchev–Trinajstić information content (AvgIpc) is 3.02. The molecule has 3 aromatic rings. The predicted molar refractivity (Wildman–Crippen MR) is 79.1 cm³/mol. The van der Waals surface area contributed by atoms with E-state index in [4.69, 9.17) is 18.3 Å². The highest BCUT2D eigenvalue weighted by Crippen LogP contribution is 2.33. The Morgan fingerprint density at radius 2 is 2.14 bits per heavy atom. The molecule has 1 aliphatic rings. The summed E-state index contributed by atoms with van der Waals surface area (Å²) in [6, 6.07) is 7.95. The second-order valence-electron chi connectivity index (χ2n) is 5.33. The van der Waals surface area contributed by atoms with E-state index >= 15 is 0 Å². The highest BCUT2D eigenvalue weighted by Gasteiger charge is 2.24. The molecule has 3 heterocycles. The van der Waals surface area contributed by atoms with Crippen LogP contribution in [0.15, 0.2) is 33.1 Å². The van der Waals surface area contributed by atoms with Gasteiger partial charge in [0.05, 0.1) is 12.0 Å². The van der Waals surface area contributed by atoms with Crippen LogP contribution in [0.4, 0.5) is 6.01 Å². The molecule has 0 spiro atoms. The number of furan rings is 1. The van der Waals surface area contributed by atoms with Crippen LogP contribution in [0.5, 0.6) is 5.75 Å². The number of rotatable bonds is 5. The monoisotopic (exact) mass is 301 g/mol. The van der Waals surface area contributed by atoms with Crippen molar-refractivity contribution in [2.75, 3.05) is 32.2 Å². The second kappa shape index (κ2) is 5.03. The lowest BCUT2D eigenvalue weighted by atomic mass is 10.2. The molecule has 114 valence electrons. The summed E-state index contributed by atoms with van der Waals surface area (Å²) in [5.74, 6) is 1.63. The fourth-order valence-electron chi connectivity index (χ4n) is 2.11. The van der Waals surface area contributed by atoms with Crippen molar-refractivity contribution in [3.63, 3.8) is 0 Å². The lowest BCUT2D eigenvalue weighted by molar-refractivity contribution is 0.265. The van der Waals surface area contributed by atoms with E-state index in [1.807, 2.05) is 38.4 Å². The summed E-state index contributed by atoms with van der Waals surface area (Å²) < 4.78 is 22.3. The lowest BCUT2D eigenvalue weighted by Crippen LogP contribution is -2.08. The minimum atomic E-state index is 0.209. The van der Waals surface area contributed by atoms with Gasteiger partial charge < -0.3 is 23.2 Å². The third kappa shape index (κ3) is 2.39. The van der Waals surface area contributed by atoms with Crippen LogP contribution in [0.1, 0.15) is 0 Å². The van der Waals surface area contributed by atoms with Gasteiger partial charge in [0.15, 0.2) is 5.76 Å². The van der Waals surface area contributed by atoms with Crippen molar-refractivity contribution in [2.24, 2.45) is 0 Å². The van der Waals surface area contributed by atoms with Crippen LogP contribution in [0.2, 0.25) is 0 Å². The van der Waals surface area contributed by atoms with Crippen LogP contribution in [-0.4, -0.2) is 43.6 Å². The van der Waals surface area contributed by atoms with Gasteiger partial charge in [0.2, 0.25) is 0 Å². The Bertz CT molecular complexity index is 804.